The fraction of sp³-hybridized carbons (Fsp3) is 0.133. The third-order valence-corrected chi connectivity index (χ3v) is 7.99. The highest BCUT2D eigenvalue weighted by molar-refractivity contribution is 6.37. The van der Waals surface area contributed by atoms with E-state index in [0.717, 1.165) is 15.7 Å². The summed E-state index contributed by atoms with van der Waals surface area (Å²) in [6.45, 7) is 0. The average Bonchev–Trinajstić information content (AvgIpc) is 3.49. The van der Waals surface area contributed by atoms with Crippen LogP contribution >= 0.6 is 11.6 Å². The van der Waals surface area contributed by atoms with Crippen LogP contribution in [0.5, 0.6) is 0 Å². The molecule has 7 heteroatoms. The van der Waals surface area contributed by atoms with Crippen molar-refractivity contribution in [1.82, 2.24) is 0 Å². The molecule has 2 aliphatic heterocycles. The molecule has 2 heterocycles. The number of carbonyl (C=O) groups is 4. The number of nitrogens with zero attached hydrogens (tertiary/aromatic N) is 1. The lowest BCUT2D eigenvalue weighted by Crippen LogP contribution is -2.51. The molecule has 4 aromatic carbocycles. The molecule has 37 heavy (non-hydrogen) atoms. The summed E-state index contributed by atoms with van der Waals surface area (Å²) in [7, 11) is 0. The van der Waals surface area contributed by atoms with Crippen molar-refractivity contribution < 1.29 is 23.9 Å². The molecule has 1 aliphatic carbocycles. The smallest absolute Gasteiger partial charge is 0.241 e. The molecule has 2 fully saturated rings. The fourth-order valence-electron chi connectivity index (χ4n) is 6.14. The highest BCUT2D eigenvalue weighted by Gasteiger charge is 2.74. The first-order chi connectivity index (χ1) is 17.9. The monoisotopic (exact) mass is 507 g/mol. The van der Waals surface area contributed by atoms with Gasteiger partial charge in [0.1, 0.15) is 0 Å². The Balaban J connectivity index is 1.46. The van der Waals surface area contributed by atoms with Gasteiger partial charge in [-0.2, -0.15) is 0 Å². The van der Waals surface area contributed by atoms with Gasteiger partial charge < -0.3 is 4.74 Å². The van der Waals surface area contributed by atoms with Gasteiger partial charge in [0.15, 0.2) is 0 Å². The van der Waals surface area contributed by atoms with Crippen molar-refractivity contribution in [2.75, 3.05) is 4.90 Å². The molecule has 0 saturated carbocycles. The first-order valence-corrected chi connectivity index (χ1v) is 12.3. The zero-order chi connectivity index (χ0) is 25.5. The Morgan fingerprint density at radius 3 is 2.03 bits per heavy atom. The molecule has 0 bridgehead atoms. The summed E-state index contributed by atoms with van der Waals surface area (Å²) in [5.41, 5.74) is -0.717. The van der Waals surface area contributed by atoms with Gasteiger partial charge >= 0.3 is 0 Å². The summed E-state index contributed by atoms with van der Waals surface area (Å²) >= 11 is 6.04. The molecule has 3 aliphatic rings. The first kappa shape index (κ1) is 22.1. The minimum Gasteiger partial charge on any atom is -0.349 e. The normalized spacial score (nSPS) is 23.8. The highest BCUT2D eigenvalue weighted by Crippen LogP contribution is 2.58. The largest absolute Gasteiger partial charge is 0.349 e. The van der Waals surface area contributed by atoms with E-state index < -0.39 is 46.9 Å². The molecular weight excluding hydrogens is 490 g/mol. The van der Waals surface area contributed by atoms with E-state index in [-0.39, 0.29) is 11.1 Å². The van der Waals surface area contributed by atoms with Gasteiger partial charge in [0, 0.05) is 16.1 Å². The summed E-state index contributed by atoms with van der Waals surface area (Å²) in [5.74, 6) is -4.66. The van der Waals surface area contributed by atoms with E-state index in [0.29, 0.717) is 16.3 Å². The molecule has 1 spiro atoms. The number of hydrogen-bond acceptors (Lipinski definition) is 5. The third-order valence-electron chi connectivity index (χ3n) is 7.73. The number of imide groups is 1. The minimum absolute atomic E-state index is 0.204. The van der Waals surface area contributed by atoms with Crippen LogP contribution in [0.15, 0.2) is 91.0 Å². The van der Waals surface area contributed by atoms with Crippen molar-refractivity contribution in [3.63, 3.8) is 0 Å². The Bertz CT molecular complexity index is 1640. The van der Waals surface area contributed by atoms with E-state index in [1.165, 1.54) is 0 Å². The molecule has 6 nitrogen and oxygen atoms in total. The molecule has 2 saturated heterocycles. The zero-order valence-electron chi connectivity index (χ0n) is 19.3. The number of carbonyl (C=O) groups excluding carboxylic acids is 4. The Hall–Kier alpha value is -4.13. The second kappa shape index (κ2) is 7.68. The second-order valence-electron chi connectivity index (χ2n) is 9.54. The average molecular weight is 508 g/mol. The lowest BCUT2D eigenvalue weighted by molar-refractivity contribution is -0.127. The lowest BCUT2D eigenvalue weighted by atomic mass is 9.77. The van der Waals surface area contributed by atoms with Crippen LogP contribution in [0, 0.1) is 11.8 Å². The third kappa shape index (κ3) is 2.79. The van der Waals surface area contributed by atoms with E-state index in [1.54, 1.807) is 48.5 Å². The Morgan fingerprint density at radius 2 is 1.32 bits per heavy atom. The number of benzene rings is 4. The number of hydrogen-bond donors (Lipinski definition) is 0. The maximum atomic E-state index is 14.0. The zero-order valence-corrected chi connectivity index (χ0v) is 20.0. The van der Waals surface area contributed by atoms with Crippen LogP contribution in [0.3, 0.4) is 0 Å². The maximum absolute atomic E-state index is 14.0. The molecule has 180 valence electrons. The van der Waals surface area contributed by atoms with E-state index >= 15 is 0 Å². The van der Waals surface area contributed by atoms with Crippen molar-refractivity contribution in [3.8, 4) is 0 Å². The van der Waals surface area contributed by atoms with Crippen LogP contribution in [0.2, 0.25) is 5.02 Å². The van der Waals surface area contributed by atoms with Gasteiger partial charge in [0.2, 0.25) is 29.0 Å². The topological polar surface area (TPSA) is 80.8 Å². The maximum Gasteiger partial charge on any atom is 0.241 e. The molecule has 2 amide bonds. The van der Waals surface area contributed by atoms with E-state index in [4.69, 9.17) is 16.3 Å². The van der Waals surface area contributed by atoms with Crippen molar-refractivity contribution in [2.45, 2.75) is 11.7 Å². The SMILES string of the molecule is O=C1[C@H]2[C@@H](c3cccc4ccccc34)OC3(C(=O)c4ccccc4C3=O)[C@H]2C(=O)N1c1ccc(Cl)cc1. The van der Waals surface area contributed by atoms with Gasteiger partial charge in [-0.3, -0.25) is 19.2 Å². The van der Waals surface area contributed by atoms with Gasteiger partial charge in [0.05, 0.1) is 23.6 Å². The number of Topliss-reactive ketones (excluding diaryl/α,β-unsaturated/α-hetero) is 2. The van der Waals surface area contributed by atoms with Gasteiger partial charge in [-0.15, -0.1) is 0 Å². The summed E-state index contributed by atoms with van der Waals surface area (Å²) in [4.78, 5) is 56.9. The number of amides is 2. The minimum atomic E-state index is -2.11. The van der Waals surface area contributed by atoms with Crippen LogP contribution in [-0.4, -0.2) is 29.0 Å². The number of halogens is 1. The molecule has 7 rings (SSSR count). The van der Waals surface area contributed by atoms with Gasteiger partial charge in [-0.25, -0.2) is 4.90 Å². The standard InChI is InChI=1S/C30H18ClNO5/c31-17-12-14-18(15-13-17)32-28(35)23-24(29(32)36)30(26(33)21-9-3-4-10-22(21)27(30)34)37-25(23)20-11-5-7-16-6-1-2-8-19(16)20/h1-15,23-25H/t23-,24-,25-/m1/s1. The number of anilines is 1. The van der Waals surface area contributed by atoms with Crippen LogP contribution in [0.1, 0.15) is 32.4 Å². The summed E-state index contributed by atoms with van der Waals surface area (Å²) in [6.07, 6.45) is -0.980. The van der Waals surface area contributed by atoms with E-state index in [2.05, 4.69) is 0 Å². The first-order valence-electron chi connectivity index (χ1n) is 11.9. The highest BCUT2D eigenvalue weighted by atomic mass is 35.5. The predicted octanol–water partition coefficient (Wildman–Crippen LogP) is 5.19. The van der Waals surface area contributed by atoms with Gasteiger partial charge in [-0.1, -0.05) is 78.3 Å². The summed E-state index contributed by atoms with van der Waals surface area (Å²) < 4.78 is 6.43. The number of ketones is 2. The van der Waals surface area contributed by atoms with Crippen molar-refractivity contribution in [2.24, 2.45) is 11.8 Å². The molecule has 4 aromatic rings. The number of fused-ring (bicyclic) bond motifs is 4. The Kier molecular flexibility index (Phi) is 4.59. The molecule has 0 unspecified atom stereocenters. The molecule has 0 N–H and O–H groups in total. The molecule has 0 aromatic heterocycles. The van der Waals surface area contributed by atoms with Crippen molar-refractivity contribution >= 4 is 51.4 Å². The number of rotatable bonds is 2. The second-order valence-corrected chi connectivity index (χ2v) is 9.97. The number of ether oxygens (including phenoxy) is 1. The molecular formula is C30H18ClNO5. The van der Waals surface area contributed by atoms with Crippen LogP contribution in [0.4, 0.5) is 5.69 Å². The van der Waals surface area contributed by atoms with Gasteiger partial charge in [-0.05, 0) is 40.6 Å². The van der Waals surface area contributed by atoms with E-state index in [1.807, 2.05) is 42.5 Å². The van der Waals surface area contributed by atoms with Crippen molar-refractivity contribution in [1.29, 1.82) is 0 Å². The van der Waals surface area contributed by atoms with Crippen molar-refractivity contribution in [3.05, 3.63) is 113 Å². The summed E-state index contributed by atoms with van der Waals surface area (Å²) in [6, 6.07) is 26.0. The Morgan fingerprint density at radius 1 is 0.703 bits per heavy atom. The molecule has 3 atom stereocenters. The molecule has 0 radical (unpaired) electrons. The summed E-state index contributed by atoms with van der Waals surface area (Å²) in [5, 5.41) is 2.19. The van der Waals surface area contributed by atoms with Crippen LogP contribution in [0.25, 0.3) is 10.8 Å². The van der Waals surface area contributed by atoms with E-state index in [9.17, 15) is 19.2 Å². The fourth-order valence-corrected chi connectivity index (χ4v) is 6.27. The quantitative estimate of drug-likeness (QED) is 0.275. The van der Waals surface area contributed by atoms with Crippen LogP contribution < -0.4 is 4.90 Å². The predicted molar refractivity (Wildman–Crippen MR) is 137 cm³/mol. The Labute approximate surface area is 216 Å². The van der Waals surface area contributed by atoms with Gasteiger partial charge in [0.25, 0.3) is 0 Å². The van der Waals surface area contributed by atoms with Crippen LogP contribution in [-0.2, 0) is 14.3 Å². The lowest BCUT2D eigenvalue weighted by Gasteiger charge is -2.27.